The molecule has 0 bridgehead atoms. The minimum absolute atomic E-state index is 0.335. The SMILES string of the molecule is O=C(O)c1c(F)c(F)cc(Cl)c1Cl. The molecule has 0 fully saturated rings. The summed E-state index contributed by atoms with van der Waals surface area (Å²) in [6.07, 6.45) is 0. The summed E-state index contributed by atoms with van der Waals surface area (Å²) in [5.41, 5.74) is -0.952. The van der Waals surface area contributed by atoms with Crippen LogP contribution in [0.2, 0.25) is 10.0 Å². The normalized spacial score (nSPS) is 10.2. The van der Waals surface area contributed by atoms with Crippen molar-refractivity contribution < 1.29 is 18.7 Å². The van der Waals surface area contributed by atoms with Crippen molar-refractivity contribution in [3.05, 3.63) is 33.3 Å². The Bertz CT molecular complexity index is 353. The number of hydrogen-bond donors (Lipinski definition) is 1. The van der Waals surface area contributed by atoms with Gasteiger partial charge in [-0.3, -0.25) is 0 Å². The molecule has 1 N–H and O–H groups in total. The van der Waals surface area contributed by atoms with Crippen LogP contribution in [0.3, 0.4) is 0 Å². The van der Waals surface area contributed by atoms with Gasteiger partial charge in [-0.15, -0.1) is 0 Å². The minimum Gasteiger partial charge on any atom is -0.478 e. The van der Waals surface area contributed by atoms with Crippen molar-refractivity contribution in [2.24, 2.45) is 0 Å². The Morgan fingerprint density at radius 3 is 2.38 bits per heavy atom. The van der Waals surface area contributed by atoms with Gasteiger partial charge in [-0.2, -0.15) is 0 Å². The monoisotopic (exact) mass is 226 g/mol. The van der Waals surface area contributed by atoms with Crippen LogP contribution >= 0.6 is 23.2 Å². The van der Waals surface area contributed by atoms with E-state index in [1.54, 1.807) is 0 Å². The molecule has 0 heterocycles. The lowest BCUT2D eigenvalue weighted by Gasteiger charge is -2.03. The highest BCUT2D eigenvalue weighted by molar-refractivity contribution is 6.43. The van der Waals surface area contributed by atoms with Crippen molar-refractivity contribution >= 4 is 29.2 Å². The average Bonchev–Trinajstić information content (AvgIpc) is 2.01. The first-order valence-electron chi connectivity index (χ1n) is 3.01. The lowest BCUT2D eigenvalue weighted by Crippen LogP contribution is -2.04. The smallest absolute Gasteiger partial charge is 0.340 e. The second-order valence-electron chi connectivity index (χ2n) is 2.15. The lowest BCUT2D eigenvalue weighted by molar-refractivity contribution is 0.0691. The zero-order valence-electron chi connectivity index (χ0n) is 5.94. The molecule has 1 aromatic carbocycles. The van der Waals surface area contributed by atoms with E-state index >= 15 is 0 Å². The van der Waals surface area contributed by atoms with E-state index in [0.29, 0.717) is 6.07 Å². The summed E-state index contributed by atoms with van der Waals surface area (Å²) >= 11 is 10.7. The van der Waals surface area contributed by atoms with Crippen LogP contribution in [0.25, 0.3) is 0 Å². The second kappa shape index (κ2) is 3.47. The summed E-state index contributed by atoms with van der Waals surface area (Å²) in [6.45, 7) is 0. The Kier molecular flexibility index (Phi) is 2.73. The number of carboxylic acid groups (broad SMARTS) is 1. The predicted molar refractivity (Wildman–Crippen MR) is 43.3 cm³/mol. The van der Waals surface area contributed by atoms with Crippen molar-refractivity contribution in [1.29, 1.82) is 0 Å². The molecule has 0 atom stereocenters. The van der Waals surface area contributed by atoms with E-state index in [2.05, 4.69) is 0 Å². The zero-order chi connectivity index (χ0) is 10.2. The Morgan fingerprint density at radius 2 is 1.92 bits per heavy atom. The summed E-state index contributed by atoms with van der Waals surface area (Å²) in [5.74, 6) is -4.52. The number of halogens is 4. The largest absolute Gasteiger partial charge is 0.478 e. The molecule has 0 aliphatic heterocycles. The molecule has 70 valence electrons. The van der Waals surface area contributed by atoms with Crippen molar-refractivity contribution in [3.63, 3.8) is 0 Å². The molecule has 13 heavy (non-hydrogen) atoms. The first kappa shape index (κ1) is 10.2. The maximum Gasteiger partial charge on any atom is 0.340 e. The third-order valence-electron chi connectivity index (χ3n) is 1.33. The van der Waals surface area contributed by atoms with Crippen molar-refractivity contribution in [2.45, 2.75) is 0 Å². The van der Waals surface area contributed by atoms with Crippen molar-refractivity contribution in [1.82, 2.24) is 0 Å². The van der Waals surface area contributed by atoms with E-state index in [4.69, 9.17) is 28.3 Å². The van der Waals surface area contributed by atoms with Gasteiger partial charge in [0.1, 0.15) is 5.56 Å². The number of carbonyl (C=O) groups is 1. The fourth-order valence-electron chi connectivity index (χ4n) is 0.761. The van der Waals surface area contributed by atoms with Crippen LogP contribution < -0.4 is 0 Å². The molecular weight excluding hydrogens is 225 g/mol. The number of carboxylic acids is 1. The standard InChI is InChI=1S/C7H2Cl2F2O2/c8-2-1-3(10)6(11)4(5(2)9)7(12)13/h1H,(H,12,13). The summed E-state index contributed by atoms with van der Waals surface area (Å²) in [7, 11) is 0. The van der Waals surface area contributed by atoms with E-state index in [1.165, 1.54) is 0 Å². The maximum absolute atomic E-state index is 12.8. The van der Waals surface area contributed by atoms with Crippen LogP contribution in [-0.2, 0) is 0 Å². The van der Waals surface area contributed by atoms with Gasteiger partial charge in [-0.05, 0) is 6.07 Å². The molecule has 0 spiro atoms. The van der Waals surface area contributed by atoms with E-state index in [-0.39, 0.29) is 5.02 Å². The van der Waals surface area contributed by atoms with Gasteiger partial charge in [0, 0.05) is 0 Å². The number of rotatable bonds is 1. The quantitative estimate of drug-likeness (QED) is 0.748. The number of hydrogen-bond acceptors (Lipinski definition) is 1. The van der Waals surface area contributed by atoms with Gasteiger partial charge >= 0.3 is 5.97 Å². The summed E-state index contributed by atoms with van der Waals surface area (Å²) in [5, 5.41) is 7.60. The highest BCUT2D eigenvalue weighted by Gasteiger charge is 2.21. The molecule has 6 heteroatoms. The molecule has 0 saturated heterocycles. The fourth-order valence-corrected chi connectivity index (χ4v) is 1.17. The first-order valence-corrected chi connectivity index (χ1v) is 3.77. The molecule has 0 unspecified atom stereocenters. The predicted octanol–water partition coefficient (Wildman–Crippen LogP) is 2.97. The highest BCUT2D eigenvalue weighted by Crippen LogP contribution is 2.29. The van der Waals surface area contributed by atoms with Crippen LogP contribution in [0.5, 0.6) is 0 Å². The molecule has 0 aliphatic carbocycles. The fraction of sp³-hybridized carbons (Fsp3) is 0. The zero-order valence-corrected chi connectivity index (χ0v) is 7.46. The lowest BCUT2D eigenvalue weighted by atomic mass is 10.2. The molecule has 1 aromatic rings. The molecule has 1 rings (SSSR count). The van der Waals surface area contributed by atoms with Crippen LogP contribution in [0.4, 0.5) is 8.78 Å². The Hall–Kier alpha value is -0.870. The Morgan fingerprint density at radius 1 is 1.38 bits per heavy atom. The number of aromatic carboxylic acids is 1. The van der Waals surface area contributed by atoms with Crippen molar-refractivity contribution in [3.8, 4) is 0 Å². The van der Waals surface area contributed by atoms with Gasteiger partial charge in [-0.1, -0.05) is 23.2 Å². The van der Waals surface area contributed by atoms with Crippen LogP contribution in [0.15, 0.2) is 6.07 Å². The van der Waals surface area contributed by atoms with E-state index in [0.717, 1.165) is 0 Å². The van der Waals surface area contributed by atoms with Gasteiger partial charge in [0.15, 0.2) is 11.6 Å². The van der Waals surface area contributed by atoms with Gasteiger partial charge < -0.3 is 5.11 Å². The summed E-state index contributed by atoms with van der Waals surface area (Å²) in [6, 6.07) is 0.617. The molecule has 0 radical (unpaired) electrons. The van der Waals surface area contributed by atoms with Gasteiger partial charge in [-0.25, -0.2) is 13.6 Å². The Balaban J connectivity index is 3.56. The van der Waals surface area contributed by atoms with E-state index in [1.807, 2.05) is 0 Å². The molecule has 0 aromatic heterocycles. The molecule has 0 amide bonds. The average molecular weight is 227 g/mol. The maximum atomic E-state index is 12.8. The Labute approximate surface area is 81.7 Å². The van der Waals surface area contributed by atoms with Crippen molar-refractivity contribution in [2.75, 3.05) is 0 Å². The first-order chi connectivity index (χ1) is 5.95. The minimum atomic E-state index is -1.66. The molecule has 2 nitrogen and oxygen atoms in total. The third-order valence-corrected chi connectivity index (χ3v) is 2.11. The van der Waals surface area contributed by atoms with E-state index in [9.17, 15) is 13.6 Å². The van der Waals surface area contributed by atoms with E-state index < -0.39 is 28.2 Å². The van der Waals surface area contributed by atoms with Crippen LogP contribution in [0, 0.1) is 11.6 Å². The van der Waals surface area contributed by atoms with Gasteiger partial charge in [0.25, 0.3) is 0 Å². The number of benzene rings is 1. The topological polar surface area (TPSA) is 37.3 Å². The summed E-state index contributed by atoms with van der Waals surface area (Å²) in [4.78, 5) is 10.4. The van der Waals surface area contributed by atoms with Crippen LogP contribution in [-0.4, -0.2) is 11.1 Å². The highest BCUT2D eigenvalue weighted by atomic mass is 35.5. The second-order valence-corrected chi connectivity index (χ2v) is 2.93. The molecular formula is C7H2Cl2F2O2. The van der Waals surface area contributed by atoms with Gasteiger partial charge in [0.05, 0.1) is 10.0 Å². The summed E-state index contributed by atoms with van der Waals surface area (Å²) < 4.78 is 25.4. The molecule has 0 aliphatic rings. The third kappa shape index (κ3) is 1.73. The van der Waals surface area contributed by atoms with Gasteiger partial charge in [0.2, 0.25) is 0 Å². The molecule has 0 saturated carbocycles. The van der Waals surface area contributed by atoms with Crippen LogP contribution in [0.1, 0.15) is 10.4 Å².